The van der Waals surface area contributed by atoms with E-state index in [2.05, 4.69) is 10.2 Å². The number of sulfonamides is 1. The maximum absolute atomic E-state index is 12.7. The van der Waals surface area contributed by atoms with Gasteiger partial charge in [-0.2, -0.15) is 21.6 Å². The molecule has 0 spiro atoms. The first-order valence-corrected chi connectivity index (χ1v) is 10.9. The number of benzene rings is 1. The number of furan rings is 1. The molecule has 3 saturated heterocycles. The molecule has 0 aliphatic carbocycles. The molecule has 30 heavy (non-hydrogen) atoms. The maximum atomic E-state index is 12.7. The summed E-state index contributed by atoms with van der Waals surface area (Å²) in [6.45, 7) is 2.85. The third kappa shape index (κ3) is 4.04. The fraction of sp³-hybridized carbons (Fsp3) is 0.421. The van der Waals surface area contributed by atoms with E-state index in [0.717, 1.165) is 32.5 Å². The van der Waals surface area contributed by atoms with Crippen LogP contribution in [0.2, 0.25) is 0 Å². The number of hydrogen-bond acceptors (Lipinski definition) is 5. The predicted octanol–water partition coefficient (Wildman–Crippen LogP) is 3.03. The van der Waals surface area contributed by atoms with Crippen LogP contribution in [-0.2, 0) is 10.0 Å². The zero-order chi connectivity index (χ0) is 21.5. The summed E-state index contributed by atoms with van der Waals surface area (Å²) < 4.78 is 68.2. The Kier molecular flexibility index (Phi) is 5.27. The van der Waals surface area contributed by atoms with E-state index in [-0.39, 0.29) is 28.8 Å². The number of carbonyl (C=O) groups excluding carboxylic acids is 1. The number of anilines is 1. The van der Waals surface area contributed by atoms with Crippen molar-refractivity contribution in [2.45, 2.75) is 24.4 Å². The summed E-state index contributed by atoms with van der Waals surface area (Å²) in [7, 11) is -5.59. The van der Waals surface area contributed by atoms with Crippen LogP contribution in [0.4, 0.5) is 18.9 Å². The van der Waals surface area contributed by atoms with Crippen molar-refractivity contribution in [1.82, 2.24) is 10.2 Å². The number of halogens is 3. The van der Waals surface area contributed by atoms with Gasteiger partial charge in [-0.25, -0.2) is 0 Å². The molecule has 3 fully saturated rings. The average Bonchev–Trinajstić information content (AvgIpc) is 3.18. The second-order valence-corrected chi connectivity index (χ2v) is 9.15. The minimum absolute atomic E-state index is 0.00919. The first-order chi connectivity index (χ1) is 14.1. The van der Waals surface area contributed by atoms with Crippen LogP contribution in [0.5, 0.6) is 0 Å². The smallest absolute Gasteiger partial charge is 0.451 e. The van der Waals surface area contributed by atoms with Crippen molar-refractivity contribution in [3.63, 3.8) is 0 Å². The second kappa shape index (κ2) is 7.62. The minimum atomic E-state index is -5.59. The number of alkyl halides is 3. The number of rotatable bonds is 5. The van der Waals surface area contributed by atoms with Gasteiger partial charge in [-0.05, 0) is 56.1 Å². The second-order valence-electron chi connectivity index (χ2n) is 7.48. The van der Waals surface area contributed by atoms with Gasteiger partial charge in [0.1, 0.15) is 5.76 Å². The van der Waals surface area contributed by atoms with Crippen LogP contribution < -0.4 is 10.0 Å². The number of nitrogens with one attached hydrogen (secondary N) is 2. The van der Waals surface area contributed by atoms with E-state index < -0.39 is 21.4 Å². The third-order valence-electron chi connectivity index (χ3n) is 5.54. The monoisotopic (exact) mass is 443 g/mol. The quantitative estimate of drug-likeness (QED) is 0.741. The van der Waals surface area contributed by atoms with Crippen LogP contribution in [0.25, 0.3) is 11.3 Å². The van der Waals surface area contributed by atoms with Gasteiger partial charge in [0, 0.05) is 18.2 Å². The van der Waals surface area contributed by atoms with Crippen molar-refractivity contribution in [1.29, 1.82) is 0 Å². The molecule has 7 nitrogen and oxygen atoms in total. The molecule has 5 rings (SSSR count). The van der Waals surface area contributed by atoms with Crippen LogP contribution in [0.3, 0.4) is 0 Å². The lowest BCUT2D eigenvalue weighted by molar-refractivity contribution is -0.0429. The molecule has 2 bridgehead atoms. The summed E-state index contributed by atoms with van der Waals surface area (Å²) in [4.78, 5) is 14.9. The zero-order valence-electron chi connectivity index (χ0n) is 15.8. The van der Waals surface area contributed by atoms with E-state index >= 15 is 0 Å². The Balaban J connectivity index is 1.52. The molecular formula is C19H20F3N3O4S. The molecule has 11 heteroatoms. The Bertz CT molecular complexity index is 1040. The highest BCUT2D eigenvalue weighted by Crippen LogP contribution is 2.33. The molecule has 1 aromatic heterocycles. The molecule has 1 atom stereocenters. The van der Waals surface area contributed by atoms with Gasteiger partial charge in [-0.15, -0.1) is 0 Å². The summed E-state index contributed by atoms with van der Waals surface area (Å²) in [6.07, 6.45) is 2.06. The zero-order valence-corrected chi connectivity index (χ0v) is 16.6. The molecule has 1 unspecified atom stereocenters. The molecule has 3 aliphatic rings. The van der Waals surface area contributed by atoms with Gasteiger partial charge < -0.3 is 14.6 Å². The molecule has 2 N–H and O–H groups in total. The number of nitrogens with zero attached hydrogens (tertiary/aromatic N) is 1. The summed E-state index contributed by atoms with van der Waals surface area (Å²) >= 11 is 0. The SMILES string of the molecule is O=C(NC1CN2CCC1CC2)c1ccc(-c2ccccc2NS(=O)(=O)C(F)(F)F)o1. The fourth-order valence-electron chi connectivity index (χ4n) is 3.96. The van der Waals surface area contributed by atoms with Crippen molar-refractivity contribution in [2.75, 3.05) is 24.4 Å². The van der Waals surface area contributed by atoms with Gasteiger partial charge >= 0.3 is 15.5 Å². The molecule has 0 radical (unpaired) electrons. The summed E-state index contributed by atoms with van der Waals surface area (Å²) in [5.74, 6) is 0.101. The van der Waals surface area contributed by atoms with Gasteiger partial charge in [-0.3, -0.25) is 9.52 Å². The fourth-order valence-corrected chi connectivity index (χ4v) is 4.55. The molecule has 3 aliphatic heterocycles. The van der Waals surface area contributed by atoms with Gasteiger partial charge in [0.2, 0.25) is 0 Å². The number of amides is 1. The normalized spacial score (nSPS) is 23.9. The van der Waals surface area contributed by atoms with Crippen molar-refractivity contribution in [2.24, 2.45) is 5.92 Å². The number of carbonyl (C=O) groups is 1. The van der Waals surface area contributed by atoms with E-state index in [1.807, 2.05) is 0 Å². The van der Waals surface area contributed by atoms with E-state index in [9.17, 15) is 26.4 Å². The molecular weight excluding hydrogens is 423 g/mol. The Labute approximate surface area is 171 Å². The molecule has 0 saturated carbocycles. The number of para-hydroxylation sites is 1. The Morgan fingerprint density at radius 2 is 1.80 bits per heavy atom. The molecule has 4 heterocycles. The number of piperidine rings is 3. The van der Waals surface area contributed by atoms with Gasteiger partial charge in [0.15, 0.2) is 5.76 Å². The largest absolute Gasteiger partial charge is 0.516 e. The van der Waals surface area contributed by atoms with Crippen molar-refractivity contribution < 1.29 is 30.8 Å². The van der Waals surface area contributed by atoms with Crippen LogP contribution in [-0.4, -0.2) is 50.4 Å². The number of hydrogen-bond donors (Lipinski definition) is 2. The van der Waals surface area contributed by atoms with Crippen molar-refractivity contribution in [3.8, 4) is 11.3 Å². The standard InChI is InChI=1S/C19H20F3N3O4S/c20-19(21,22)30(27,28)24-14-4-2-1-3-13(14)16-5-6-17(29-16)18(26)23-15-11-25-9-7-12(15)8-10-25/h1-6,12,15,24H,7-11H2,(H,23,26). The molecule has 1 aromatic carbocycles. The summed E-state index contributed by atoms with van der Waals surface area (Å²) in [6, 6.07) is 8.38. The molecule has 1 amide bonds. The third-order valence-corrected chi connectivity index (χ3v) is 6.64. The van der Waals surface area contributed by atoms with E-state index in [0.29, 0.717) is 5.92 Å². The number of fused-ring (bicyclic) bond motifs is 3. The lowest BCUT2D eigenvalue weighted by atomic mass is 9.84. The van der Waals surface area contributed by atoms with E-state index in [4.69, 9.17) is 4.42 Å². The highest BCUT2D eigenvalue weighted by atomic mass is 32.2. The highest BCUT2D eigenvalue weighted by molar-refractivity contribution is 7.93. The Morgan fingerprint density at radius 1 is 1.10 bits per heavy atom. The highest BCUT2D eigenvalue weighted by Gasteiger charge is 2.46. The molecule has 162 valence electrons. The first-order valence-electron chi connectivity index (χ1n) is 9.45. The van der Waals surface area contributed by atoms with Gasteiger partial charge in [-0.1, -0.05) is 12.1 Å². The minimum Gasteiger partial charge on any atom is -0.451 e. The summed E-state index contributed by atoms with van der Waals surface area (Å²) in [5.41, 5.74) is -5.66. The van der Waals surface area contributed by atoms with Crippen molar-refractivity contribution in [3.05, 3.63) is 42.2 Å². The van der Waals surface area contributed by atoms with Crippen LogP contribution in [0.1, 0.15) is 23.4 Å². The lowest BCUT2D eigenvalue weighted by Gasteiger charge is -2.44. The Morgan fingerprint density at radius 3 is 2.43 bits per heavy atom. The van der Waals surface area contributed by atoms with Crippen LogP contribution in [0, 0.1) is 5.92 Å². The van der Waals surface area contributed by atoms with Crippen LogP contribution >= 0.6 is 0 Å². The topological polar surface area (TPSA) is 91.7 Å². The van der Waals surface area contributed by atoms with Crippen molar-refractivity contribution >= 4 is 21.6 Å². The lowest BCUT2D eigenvalue weighted by Crippen LogP contribution is -2.57. The van der Waals surface area contributed by atoms with Crippen LogP contribution in [0.15, 0.2) is 40.8 Å². The first kappa shape index (κ1) is 20.7. The van der Waals surface area contributed by atoms with E-state index in [1.165, 1.54) is 41.1 Å². The molecule has 2 aromatic rings. The van der Waals surface area contributed by atoms with E-state index in [1.54, 1.807) is 0 Å². The van der Waals surface area contributed by atoms with Gasteiger partial charge in [0.05, 0.1) is 5.69 Å². The van der Waals surface area contributed by atoms with Gasteiger partial charge in [0.25, 0.3) is 5.91 Å². The average molecular weight is 443 g/mol. The predicted molar refractivity (Wildman–Crippen MR) is 103 cm³/mol. The summed E-state index contributed by atoms with van der Waals surface area (Å²) in [5, 5.41) is 2.97. The Hall–Kier alpha value is -2.53. The maximum Gasteiger partial charge on any atom is 0.516 e.